The van der Waals surface area contributed by atoms with Gasteiger partial charge in [0.15, 0.2) is 5.78 Å². The highest BCUT2D eigenvalue weighted by molar-refractivity contribution is 5.77. The minimum atomic E-state index is -0.0130. The largest absolute Gasteiger partial charge is 0.484 e. The molecule has 0 bridgehead atoms. The SMILES string of the molecule is CC(=O)COc1cc(C)ccc1N. The molecule has 13 heavy (non-hydrogen) atoms. The summed E-state index contributed by atoms with van der Waals surface area (Å²) in [6, 6.07) is 5.49. The third-order valence-electron chi connectivity index (χ3n) is 1.60. The highest BCUT2D eigenvalue weighted by Gasteiger charge is 2.01. The number of nitrogen functional groups attached to an aromatic ring is 1. The molecule has 0 unspecified atom stereocenters. The first-order chi connectivity index (χ1) is 6.09. The summed E-state index contributed by atoms with van der Waals surface area (Å²) in [6.45, 7) is 3.50. The summed E-state index contributed by atoms with van der Waals surface area (Å²) in [4.78, 5) is 10.6. The van der Waals surface area contributed by atoms with Crippen molar-refractivity contribution in [2.75, 3.05) is 12.3 Å². The second-order valence-electron chi connectivity index (χ2n) is 3.03. The van der Waals surface area contributed by atoms with Crippen molar-refractivity contribution in [1.82, 2.24) is 0 Å². The number of hydrogen-bond donors (Lipinski definition) is 1. The van der Waals surface area contributed by atoms with Crippen LogP contribution in [0.4, 0.5) is 5.69 Å². The monoisotopic (exact) mass is 179 g/mol. The van der Waals surface area contributed by atoms with Crippen LogP contribution in [0.25, 0.3) is 0 Å². The van der Waals surface area contributed by atoms with Crippen molar-refractivity contribution < 1.29 is 9.53 Å². The van der Waals surface area contributed by atoms with Gasteiger partial charge in [0.2, 0.25) is 0 Å². The zero-order valence-electron chi connectivity index (χ0n) is 7.83. The molecule has 70 valence electrons. The standard InChI is InChI=1S/C10H13NO2/c1-7-3-4-9(11)10(5-7)13-6-8(2)12/h3-5H,6,11H2,1-2H3. The fraction of sp³-hybridized carbons (Fsp3) is 0.300. The number of anilines is 1. The molecule has 0 radical (unpaired) electrons. The maximum absolute atomic E-state index is 10.6. The molecule has 2 N–H and O–H groups in total. The molecule has 0 aromatic heterocycles. The number of rotatable bonds is 3. The molecule has 0 aliphatic heterocycles. The third kappa shape index (κ3) is 2.78. The second kappa shape index (κ2) is 3.94. The van der Waals surface area contributed by atoms with Crippen LogP contribution in [-0.4, -0.2) is 12.4 Å². The Bertz CT molecular complexity index is 321. The molecule has 1 aromatic rings. The first-order valence-electron chi connectivity index (χ1n) is 4.08. The van der Waals surface area contributed by atoms with E-state index in [-0.39, 0.29) is 12.4 Å². The van der Waals surface area contributed by atoms with Crippen LogP contribution in [0.3, 0.4) is 0 Å². The Morgan fingerprint density at radius 1 is 1.54 bits per heavy atom. The van der Waals surface area contributed by atoms with Crippen LogP contribution in [0.1, 0.15) is 12.5 Å². The lowest BCUT2D eigenvalue weighted by atomic mass is 10.2. The number of nitrogens with two attached hydrogens (primary N) is 1. The van der Waals surface area contributed by atoms with Gasteiger partial charge >= 0.3 is 0 Å². The Hall–Kier alpha value is -1.51. The Kier molecular flexibility index (Phi) is 2.90. The topological polar surface area (TPSA) is 52.3 Å². The van der Waals surface area contributed by atoms with E-state index in [9.17, 15) is 4.79 Å². The molecular formula is C10H13NO2. The van der Waals surface area contributed by atoms with E-state index >= 15 is 0 Å². The number of ether oxygens (including phenoxy) is 1. The van der Waals surface area contributed by atoms with Crippen molar-refractivity contribution >= 4 is 11.5 Å². The Balaban J connectivity index is 2.75. The first-order valence-corrected chi connectivity index (χ1v) is 4.08. The summed E-state index contributed by atoms with van der Waals surface area (Å²) in [5.41, 5.74) is 7.26. The lowest BCUT2D eigenvalue weighted by molar-refractivity contribution is -0.118. The molecule has 3 heteroatoms. The molecule has 1 aromatic carbocycles. The number of aryl methyl sites for hydroxylation is 1. The molecule has 0 fully saturated rings. The fourth-order valence-corrected chi connectivity index (χ4v) is 0.946. The number of Topliss-reactive ketones (excluding diaryl/α,β-unsaturated/α-hetero) is 1. The van der Waals surface area contributed by atoms with Gasteiger partial charge in [0.05, 0.1) is 5.69 Å². The first kappa shape index (κ1) is 9.58. The van der Waals surface area contributed by atoms with Crippen LogP contribution >= 0.6 is 0 Å². The van der Waals surface area contributed by atoms with Crippen LogP contribution < -0.4 is 10.5 Å². The molecule has 1 rings (SSSR count). The quantitative estimate of drug-likeness (QED) is 0.716. The molecule has 0 spiro atoms. The average Bonchev–Trinajstić information content (AvgIpc) is 2.06. The highest BCUT2D eigenvalue weighted by Crippen LogP contribution is 2.21. The Morgan fingerprint density at radius 2 is 2.23 bits per heavy atom. The predicted molar refractivity (Wildman–Crippen MR) is 51.8 cm³/mol. The van der Waals surface area contributed by atoms with E-state index in [0.29, 0.717) is 11.4 Å². The van der Waals surface area contributed by atoms with Gasteiger partial charge in [0.25, 0.3) is 0 Å². The zero-order chi connectivity index (χ0) is 9.84. The summed E-state index contributed by atoms with van der Waals surface area (Å²) in [7, 11) is 0. The van der Waals surface area contributed by atoms with Crippen molar-refractivity contribution in [2.24, 2.45) is 0 Å². The highest BCUT2D eigenvalue weighted by atomic mass is 16.5. The van der Waals surface area contributed by atoms with Crippen LogP contribution in [0.15, 0.2) is 18.2 Å². The number of benzene rings is 1. The van der Waals surface area contributed by atoms with E-state index in [4.69, 9.17) is 10.5 Å². The summed E-state index contributed by atoms with van der Waals surface area (Å²) >= 11 is 0. The second-order valence-corrected chi connectivity index (χ2v) is 3.03. The van der Waals surface area contributed by atoms with Crippen LogP contribution in [-0.2, 0) is 4.79 Å². The van der Waals surface area contributed by atoms with Gasteiger partial charge in [-0.2, -0.15) is 0 Å². The molecular weight excluding hydrogens is 166 g/mol. The van der Waals surface area contributed by atoms with Gasteiger partial charge in [-0.1, -0.05) is 6.07 Å². The summed E-state index contributed by atoms with van der Waals surface area (Å²) in [6.07, 6.45) is 0. The lowest BCUT2D eigenvalue weighted by Crippen LogP contribution is -2.07. The van der Waals surface area contributed by atoms with E-state index in [2.05, 4.69) is 0 Å². The van der Waals surface area contributed by atoms with E-state index in [1.165, 1.54) is 6.92 Å². The minimum absolute atomic E-state index is 0.0130. The fourth-order valence-electron chi connectivity index (χ4n) is 0.946. The van der Waals surface area contributed by atoms with E-state index in [1.54, 1.807) is 6.07 Å². The van der Waals surface area contributed by atoms with Crippen molar-refractivity contribution in [1.29, 1.82) is 0 Å². The Labute approximate surface area is 77.5 Å². The van der Waals surface area contributed by atoms with Crippen LogP contribution in [0, 0.1) is 6.92 Å². The zero-order valence-corrected chi connectivity index (χ0v) is 7.83. The molecule has 3 nitrogen and oxygen atoms in total. The van der Waals surface area contributed by atoms with E-state index < -0.39 is 0 Å². The number of ketones is 1. The summed E-state index contributed by atoms with van der Waals surface area (Å²) < 4.78 is 5.20. The maximum Gasteiger partial charge on any atom is 0.167 e. The van der Waals surface area contributed by atoms with Gasteiger partial charge in [-0.05, 0) is 31.5 Å². The summed E-state index contributed by atoms with van der Waals surface area (Å²) in [5, 5.41) is 0. The van der Waals surface area contributed by atoms with Gasteiger partial charge < -0.3 is 10.5 Å². The van der Waals surface area contributed by atoms with Gasteiger partial charge in [0.1, 0.15) is 12.4 Å². The van der Waals surface area contributed by atoms with Crippen molar-refractivity contribution in [2.45, 2.75) is 13.8 Å². The van der Waals surface area contributed by atoms with Crippen molar-refractivity contribution in [3.63, 3.8) is 0 Å². The molecule has 0 amide bonds. The van der Waals surface area contributed by atoms with Gasteiger partial charge in [-0.15, -0.1) is 0 Å². The predicted octanol–water partition coefficient (Wildman–Crippen LogP) is 1.55. The van der Waals surface area contributed by atoms with E-state index in [1.807, 2.05) is 19.1 Å². The van der Waals surface area contributed by atoms with E-state index in [0.717, 1.165) is 5.56 Å². The molecule has 0 aliphatic carbocycles. The van der Waals surface area contributed by atoms with Crippen molar-refractivity contribution in [3.8, 4) is 5.75 Å². The molecule has 0 atom stereocenters. The van der Waals surface area contributed by atoms with Gasteiger partial charge in [-0.25, -0.2) is 0 Å². The molecule has 0 aliphatic rings. The average molecular weight is 179 g/mol. The van der Waals surface area contributed by atoms with Crippen LogP contribution in [0.5, 0.6) is 5.75 Å². The maximum atomic E-state index is 10.6. The van der Waals surface area contributed by atoms with Gasteiger partial charge in [0, 0.05) is 0 Å². The smallest absolute Gasteiger partial charge is 0.167 e. The normalized spacial score (nSPS) is 9.69. The summed E-state index contributed by atoms with van der Waals surface area (Å²) in [5.74, 6) is 0.566. The van der Waals surface area contributed by atoms with Crippen LogP contribution in [0.2, 0.25) is 0 Å². The third-order valence-corrected chi connectivity index (χ3v) is 1.60. The molecule has 0 heterocycles. The molecule has 0 saturated carbocycles. The minimum Gasteiger partial charge on any atom is -0.484 e. The number of hydrogen-bond acceptors (Lipinski definition) is 3. The number of carbonyl (C=O) groups is 1. The van der Waals surface area contributed by atoms with Gasteiger partial charge in [-0.3, -0.25) is 4.79 Å². The molecule has 0 saturated heterocycles. The Morgan fingerprint density at radius 3 is 2.85 bits per heavy atom. The van der Waals surface area contributed by atoms with Crippen molar-refractivity contribution in [3.05, 3.63) is 23.8 Å². The number of carbonyl (C=O) groups excluding carboxylic acids is 1. The lowest BCUT2D eigenvalue weighted by Gasteiger charge is -2.07.